The van der Waals surface area contributed by atoms with Crippen molar-refractivity contribution in [3.05, 3.63) is 266 Å². The van der Waals surface area contributed by atoms with Crippen LogP contribution in [0.5, 0.6) is 0 Å². The maximum atomic E-state index is 9.17. The molecule has 4 nitrogen and oxygen atoms in total. The van der Waals surface area contributed by atoms with E-state index in [4.69, 9.17) is 12.0 Å². The molecule has 0 radical (unpaired) electrons. The summed E-state index contributed by atoms with van der Waals surface area (Å²) < 4.78 is 2.38. The van der Waals surface area contributed by atoms with Crippen molar-refractivity contribution in [1.29, 1.82) is 5.41 Å². The van der Waals surface area contributed by atoms with E-state index in [2.05, 4.69) is 251 Å². The van der Waals surface area contributed by atoms with E-state index in [-0.39, 0.29) is 6.04 Å². The second-order valence-electron chi connectivity index (χ2n) is 18.9. The Morgan fingerprint density at radius 1 is 0.535 bits per heavy atom. The summed E-state index contributed by atoms with van der Waals surface area (Å²) in [6, 6.07) is 81.3. The van der Waals surface area contributed by atoms with E-state index in [1.807, 2.05) is 6.07 Å². The molecule has 13 rings (SSSR count). The minimum atomic E-state index is 0.270. The van der Waals surface area contributed by atoms with Gasteiger partial charge in [-0.2, -0.15) is 0 Å². The van der Waals surface area contributed by atoms with E-state index in [9.17, 15) is 0 Å². The minimum absolute atomic E-state index is 0.270. The van der Waals surface area contributed by atoms with Crippen LogP contribution in [0.3, 0.4) is 0 Å². The number of benzene rings is 10. The molecule has 0 spiro atoms. The number of rotatable bonds is 10. The molecular weight excluding hydrogens is 861 g/mol. The normalized spacial score (nSPS) is 15.3. The third-order valence-corrected chi connectivity index (χ3v) is 14.8. The van der Waals surface area contributed by atoms with Gasteiger partial charge in [-0.1, -0.05) is 164 Å². The van der Waals surface area contributed by atoms with Crippen molar-refractivity contribution in [2.45, 2.75) is 24.8 Å². The molecule has 4 heteroatoms. The van der Waals surface area contributed by atoms with Gasteiger partial charge in [0.2, 0.25) is 0 Å². The van der Waals surface area contributed by atoms with Gasteiger partial charge in [0.1, 0.15) is 0 Å². The number of para-hydroxylation sites is 4. The van der Waals surface area contributed by atoms with Gasteiger partial charge in [0.15, 0.2) is 0 Å². The molecular formula is C67H50N4. The SMILES string of the molecule is C=C(/C=C(\C=N)c1cc(-c2ccc3c(c2)N(c2ccccc2)C2C=CCCC32)cc(-c2ccc3c4ccccc4n(-c4ccccc4)c3c2)c1)N(c1ccccc1)c1cc2ccccc2c2ccccc12. The van der Waals surface area contributed by atoms with Crippen molar-refractivity contribution in [3.8, 4) is 27.9 Å². The van der Waals surface area contributed by atoms with Gasteiger partial charge in [-0.3, -0.25) is 0 Å². The van der Waals surface area contributed by atoms with E-state index in [0.717, 1.165) is 85.3 Å². The maximum absolute atomic E-state index is 9.17. The van der Waals surface area contributed by atoms with Crippen LogP contribution in [-0.2, 0) is 0 Å². The van der Waals surface area contributed by atoms with Gasteiger partial charge in [-0.05, 0) is 147 Å². The summed E-state index contributed by atoms with van der Waals surface area (Å²) in [5.41, 5.74) is 16.2. The Hall–Kier alpha value is -8.99. The number of hydrogen-bond acceptors (Lipinski definition) is 3. The summed E-state index contributed by atoms with van der Waals surface area (Å²) in [7, 11) is 0. The molecule has 2 aliphatic rings. The zero-order valence-corrected chi connectivity index (χ0v) is 39.3. The van der Waals surface area contributed by atoms with Crippen LogP contribution >= 0.6 is 0 Å². The van der Waals surface area contributed by atoms with Gasteiger partial charge in [0, 0.05) is 62.3 Å². The van der Waals surface area contributed by atoms with Crippen LogP contribution in [-0.4, -0.2) is 16.8 Å². The Balaban J connectivity index is 1.00. The monoisotopic (exact) mass is 910 g/mol. The van der Waals surface area contributed by atoms with Gasteiger partial charge in [-0.25, -0.2) is 0 Å². The van der Waals surface area contributed by atoms with Crippen LogP contribution in [0.25, 0.3) is 76.9 Å². The standard InChI is InChI=1S/C67H50N4/c1-45(69(53-20-5-2-6-21-53)65-43-48-19-11-12-26-56(48)57-27-13-14-28-58(57)65)37-52(44-68)51-39-49(46-33-35-61-59-29-15-17-31-63(59)70(66(61)41-46)54-22-7-3-8-23-54)38-50(40-51)47-34-36-62-60-30-16-18-32-64(60)71(67(62)42-47)55-24-9-4-10-25-55/h2-15,17-29,31-44,60,64,68H,1,16,30H2/b52-37+,68-44?. The molecule has 0 amide bonds. The number of nitrogens with zero attached hydrogens (tertiary/aromatic N) is 3. The lowest BCUT2D eigenvalue weighted by Crippen LogP contribution is -2.29. The van der Waals surface area contributed by atoms with E-state index >= 15 is 0 Å². The third kappa shape index (κ3) is 7.26. The number of aromatic nitrogens is 1. The summed E-state index contributed by atoms with van der Waals surface area (Å²) in [6.07, 6.45) is 10.6. The van der Waals surface area contributed by atoms with Gasteiger partial charge in [0.05, 0.1) is 22.8 Å². The lowest BCUT2D eigenvalue weighted by molar-refractivity contribution is 0.573. The smallest absolute Gasteiger partial charge is 0.0591 e. The number of hydrogen-bond donors (Lipinski definition) is 1. The largest absolute Gasteiger partial charge is 0.334 e. The summed E-state index contributed by atoms with van der Waals surface area (Å²) in [6.45, 7) is 4.81. The summed E-state index contributed by atoms with van der Waals surface area (Å²) in [5, 5.41) is 16.3. The summed E-state index contributed by atoms with van der Waals surface area (Å²) in [4.78, 5) is 4.79. The lowest BCUT2D eigenvalue weighted by Gasteiger charge is -2.30. The van der Waals surface area contributed by atoms with Crippen LogP contribution in [0, 0.1) is 5.41 Å². The number of nitrogens with one attached hydrogen (secondary N) is 1. The second kappa shape index (κ2) is 17.5. The molecule has 1 aliphatic heterocycles. The molecule has 0 fully saturated rings. The Morgan fingerprint density at radius 2 is 1.15 bits per heavy atom. The molecule has 1 aliphatic carbocycles. The number of allylic oxidation sites excluding steroid dienone is 3. The molecule has 0 saturated heterocycles. The Kier molecular flexibility index (Phi) is 10.4. The van der Waals surface area contributed by atoms with Crippen LogP contribution in [0.2, 0.25) is 0 Å². The highest BCUT2D eigenvalue weighted by atomic mass is 15.2. The molecule has 0 bridgehead atoms. The summed E-state index contributed by atoms with van der Waals surface area (Å²) >= 11 is 0. The maximum Gasteiger partial charge on any atom is 0.0591 e. The average Bonchev–Trinajstić information content (AvgIpc) is 3.95. The number of anilines is 4. The molecule has 10 aromatic carbocycles. The Morgan fingerprint density at radius 3 is 1.92 bits per heavy atom. The predicted molar refractivity (Wildman–Crippen MR) is 301 cm³/mol. The molecule has 11 aromatic rings. The second-order valence-corrected chi connectivity index (χ2v) is 18.9. The van der Waals surface area contributed by atoms with Crippen LogP contribution in [0.4, 0.5) is 22.7 Å². The number of fused-ring (bicyclic) bond motifs is 9. The summed E-state index contributed by atoms with van der Waals surface area (Å²) in [5.74, 6) is 0.431. The first-order valence-corrected chi connectivity index (χ1v) is 24.7. The lowest BCUT2D eigenvalue weighted by atomic mass is 9.86. The molecule has 338 valence electrons. The minimum Gasteiger partial charge on any atom is -0.334 e. The van der Waals surface area contributed by atoms with E-state index < -0.39 is 0 Å². The van der Waals surface area contributed by atoms with Crippen molar-refractivity contribution < 1.29 is 0 Å². The van der Waals surface area contributed by atoms with E-state index in [0.29, 0.717) is 5.92 Å². The fraction of sp³-hybridized carbons (Fsp3) is 0.0597. The van der Waals surface area contributed by atoms with Gasteiger partial charge < -0.3 is 19.8 Å². The molecule has 2 unspecified atom stereocenters. The highest BCUT2D eigenvalue weighted by molar-refractivity contribution is 6.15. The van der Waals surface area contributed by atoms with Crippen molar-refractivity contribution in [2.24, 2.45) is 0 Å². The fourth-order valence-electron chi connectivity index (χ4n) is 11.6. The van der Waals surface area contributed by atoms with Gasteiger partial charge >= 0.3 is 0 Å². The first-order chi connectivity index (χ1) is 35.1. The average molecular weight is 911 g/mol. The topological polar surface area (TPSA) is 35.3 Å². The third-order valence-electron chi connectivity index (χ3n) is 14.8. The molecule has 0 saturated carbocycles. The molecule has 2 atom stereocenters. The van der Waals surface area contributed by atoms with Crippen LogP contribution < -0.4 is 9.80 Å². The first kappa shape index (κ1) is 42.1. The van der Waals surface area contributed by atoms with Gasteiger partial charge in [-0.15, -0.1) is 0 Å². The molecule has 71 heavy (non-hydrogen) atoms. The fourth-order valence-corrected chi connectivity index (χ4v) is 11.6. The van der Waals surface area contributed by atoms with E-state index in [1.165, 1.54) is 50.2 Å². The zero-order valence-electron chi connectivity index (χ0n) is 39.3. The predicted octanol–water partition coefficient (Wildman–Crippen LogP) is 17.8. The van der Waals surface area contributed by atoms with Crippen LogP contribution in [0.15, 0.2) is 255 Å². The Labute approximate surface area is 414 Å². The zero-order chi connectivity index (χ0) is 47.4. The quantitative estimate of drug-likeness (QED) is 0.0642. The molecule has 1 N–H and O–H groups in total. The van der Waals surface area contributed by atoms with Crippen molar-refractivity contribution in [1.82, 2.24) is 4.57 Å². The van der Waals surface area contributed by atoms with Crippen molar-refractivity contribution in [3.63, 3.8) is 0 Å². The van der Waals surface area contributed by atoms with Crippen molar-refractivity contribution in [2.75, 3.05) is 9.80 Å². The molecule has 1 aromatic heterocycles. The van der Waals surface area contributed by atoms with E-state index in [1.54, 1.807) is 0 Å². The molecule has 2 heterocycles. The highest BCUT2D eigenvalue weighted by Gasteiger charge is 2.39. The van der Waals surface area contributed by atoms with Gasteiger partial charge in [0.25, 0.3) is 0 Å². The first-order valence-electron chi connectivity index (χ1n) is 24.7. The Bertz CT molecular complexity index is 3940. The van der Waals surface area contributed by atoms with Crippen LogP contribution in [0.1, 0.15) is 29.9 Å². The highest BCUT2D eigenvalue weighted by Crippen LogP contribution is 2.51. The van der Waals surface area contributed by atoms with Crippen molar-refractivity contribution >= 4 is 77.9 Å².